The van der Waals surface area contributed by atoms with Crippen LogP contribution in [0.25, 0.3) is 0 Å². The number of thiazole rings is 1. The molecule has 35 heavy (non-hydrogen) atoms. The lowest BCUT2D eigenvalue weighted by Gasteiger charge is -2.23. The van der Waals surface area contributed by atoms with Gasteiger partial charge in [-0.2, -0.15) is 0 Å². The first kappa shape index (κ1) is 25.2. The molecule has 2 aliphatic rings. The van der Waals surface area contributed by atoms with Crippen LogP contribution < -0.4 is 10.1 Å². The maximum absolute atomic E-state index is 14.6. The molecule has 1 aromatic carbocycles. The number of methoxy groups -OCH3 is 1. The van der Waals surface area contributed by atoms with E-state index in [0.717, 1.165) is 33.6 Å². The number of hydrogen-bond donors (Lipinski definition) is 1. The van der Waals surface area contributed by atoms with Crippen molar-refractivity contribution in [2.24, 2.45) is 5.92 Å². The summed E-state index contributed by atoms with van der Waals surface area (Å²) in [6.07, 6.45) is 3.32. The number of alkyl halides is 1. The molecule has 2 aromatic rings. The molecule has 0 spiro atoms. The Morgan fingerprint density at radius 3 is 2.66 bits per heavy atom. The van der Waals surface area contributed by atoms with E-state index < -0.39 is 6.17 Å². The molecular weight excluding hydrogens is 491 g/mol. The van der Waals surface area contributed by atoms with Crippen molar-refractivity contribution < 1.29 is 23.5 Å². The van der Waals surface area contributed by atoms with Gasteiger partial charge in [0.1, 0.15) is 11.9 Å². The number of carbonyl (C=O) groups is 3. The third-order valence-electron chi connectivity index (χ3n) is 5.85. The van der Waals surface area contributed by atoms with Crippen molar-refractivity contribution in [3.05, 3.63) is 42.1 Å². The Bertz CT molecular complexity index is 1150. The van der Waals surface area contributed by atoms with Crippen molar-refractivity contribution >= 4 is 46.0 Å². The van der Waals surface area contributed by atoms with Crippen molar-refractivity contribution in [3.63, 3.8) is 0 Å². The summed E-state index contributed by atoms with van der Waals surface area (Å²) in [6, 6.07) is 3.53. The molecule has 2 heterocycles. The molecule has 11 heteroatoms. The summed E-state index contributed by atoms with van der Waals surface area (Å²) in [7, 11) is 1.49. The number of hydrogen-bond acceptors (Lipinski definition) is 7. The molecule has 1 saturated carbocycles. The lowest BCUT2D eigenvalue weighted by Crippen LogP contribution is -2.37. The average Bonchev–Trinajstić information content (AvgIpc) is 3.64. The summed E-state index contributed by atoms with van der Waals surface area (Å²) in [5, 5.41) is 3.39. The molecule has 1 aromatic heterocycles. The number of ether oxygens (including phenoxy) is 1. The van der Waals surface area contributed by atoms with Gasteiger partial charge in [0.15, 0.2) is 5.13 Å². The minimum Gasteiger partial charge on any atom is -0.496 e. The first-order valence-corrected chi connectivity index (χ1v) is 12.9. The van der Waals surface area contributed by atoms with E-state index in [-0.39, 0.29) is 49.8 Å². The van der Waals surface area contributed by atoms with Crippen molar-refractivity contribution in [1.82, 2.24) is 14.8 Å². The lowest BCUT2D eigenvalue weighted by molar-refractivity contribution is -0.126. The quantitative estimate of drug-likeness (QED) is 0.561. The fourth-order valence-corrected chi connectivity index (χ4v) is 5.72. The number of amides is 3. The fraction of sp³-hybridized carbons (Fsp3) is 0.417. The van der Waals surface area contributed by atoms with Gasteiger partial charge >= 0.3 is 0 Å². The molecule has 2 fully saturated rings. The first-order chi connectivity index (χ1) is 16.8. The zero-order valence-corrected chi connectivity index (χ0v) is 21.2. The van der Waals surface area contributed by atoms with Crippen molar-refractivity contribution in [2.75, 3.05) is 38.6 Å². The summed E-state index contributed by atoms with van der Waals surface area (Å²) < 4.78 is 20.9. The molecule has 1 unspecified atom stereocenters. The Morgan fingerprint density at radius 2 is 1.97 bits per heavy atom. The maximum atomic E-state index is 14.6. The highest BCUT2D eigenvalue weighted by Crippen LogP contribution is 2.39. The van der Waals surface area contributed by atoms with Crippen LogP contribution in [0.4, 0.5) is 9.52 Å². The number of aromatic nitrogens is 1. The van der Waals surface area contributed by atoms with E-state index in [1.807, 2.05) is 6.92 Å². The van der Waals surface area contributed by atoms with Gasteiger partial charge in [0, 0.05) is 23.9 Å². The third-order valence-corrected chi connectivity index (χ3v) is 8.02. The number of rotatable bonds is 7. The van der Waals surface area contributed by atoms with Crippen LogP contribution in [0.2, 0.25) is 0 Å². The van der Waals surface area contributed by atoms with Gasteiger partial charge in [0.05, 0.1) is 36.2 Å². The van der Waals surface area contributed by atoms with Crippen molar-refractivity contribution in [3.8, 4) is 5.75 Å². The Kier molecular flexibility index (Phi) is 7.75. The van der Waals surface area contributed by atoms with Crippen LogP contribution in [0.5, 0.6) is 5.75 Å². The molecule has 8 nitrogen and oxygen atoms in total. The van der Waals surface area contributed by atoms with Crippen molar-refractivity contribution in [1.29, 1.82) is 0 Å². The number of benzene rings is 1. The Labute approximate surface area is 211 Å². The Morgan fingerprint density at radius 1 is 1.26 bits per heavy atom. The number of aryl methyl sites for hydroxylation is 1. The van der Waals surface area contributed by atoms with E-state index in [9.17, 15) is 18.8 Å². The van der Waals surface area contributed by atoms with Crippen LogP contribution in [-0.2, 0) is 9.59 Å². The van der Waals surface area contributed by atoms with Gasteiger partial charge in [-0.05, 0) is 43.5 Å². The van der Waals surface area contributed by atoms with Gasteiger partial charge < -0.3 is 19.9 Å². The second kappa shape index (κ2) is 10.8. The second-order valence-corrected chi connectivity index (χ2v) is 10.9. The minimum atomic E-state index is -1.36. The highest BCUT2D eigenvalue weighted by atomic mass is 32.2. The van der Waals surface area contributed by atoms with Gasteiger partial charge in [-0.15, -0.1) is 0 Å². The summed E-state index contributed by atoms with van der Waals surface area (Å²) in [5.74, 6) is -0.220. The van der Waals surface area contributed by atoms with E-state index in [2.05, 4.69) is 16.9 Å². The number of halogens is 1. The molecule has 1 saturated heterocycles. The average molecular weight is 519 g/mol. The first-order valence-electron chi connectivity index (χ1n) is 11.3. The Hall–Kier alpha value is -2.92. The summed E-state index contributed by atoms with van der Waals surface area (Å²) >= 11 is 2.80. The van der Waals surface area contributed by atoms with E-state index >= 15 is 0 Å². The molecule has 0 bridgehead atoms. The molecular formula is C24H27FN4O4S2. The SMILES string of the molecule is C=CC(=O)N1CCN(C(=O)c2cc(Sc3cnc(NC(=O)C4CC4)s3)c(C)cc2OC)CC(F)C1. The molecule has 4 rings (SSSR count). The highest BCUT2D eigenvalue weighted by Gasteiger charge is 2.31. The van der Waals surface area contributed by atoms with Gasteiger partial charge in [0.2, 0.25) is 11.8 Å². The maximum Gasteiger partial charge on any atom is 0.257 e. The van der Waals surface area contributed by atoms with Crippen LogP contribution in [-0.4, -0.2) is 72.0 Å². The largest absolute Gasteiger partial charge is 0.496 e. The van der Waals surface area contributed by atoms with E-state index in [1.165, 1.54) is 40.0 Å². The molecule has 1 aliphatic carbocycles. The third kappa shape index (κ3) is 6.02. The predicted molar refractivity (Wildman–Crippen MR) is 133 cm³/mol. The molecule has 186 valence electrons. The Balaban J connectivity index is 1.52. The number of anilines is 1. The highest BCUT2D eigenvalue weighted by molar-refractivity contribution is 8.01. The zero-order valence-electron chi connectivity index (χ0n) is 19.6. The van der Waals surface area contributed by atoms with Crippen LogP contribution in [0.15, 0.2) is 40.1 Å². The number of nitrogens with zero attached hydrogens (tertiary/aromatic N) is 3. The second-order valence-electron chi connectivity index (χ2n) is 8.50. The molecule has 0 radical (unpaired) electrons. The van der Waals surface area contributed by atoms with E-state index in [1.54, 1.807) is 18.3 Å². The zero-order chi connectivity index (χ0) is 25.1. The summed E-state index contributed by atoms with van der Waals surface area (Å²) in [4.78, 5) is 45.3. The van der Waals surface area contributed by atoms with Gasteiger partial charge in [-0.1, -0.05) is 29.7 Å². The number of nitrogens with one attached hydrogen (secondary N) is 1. The minimum absolute atomic E-state index is 0.00128. The lowest BCUT2D eigenvalue weighted by atomic mass is 10.1. The summed E-state index contributed by atoms with van der Waals surface area (Å²) in [6.45, 7) is 5.61. The van der Waals surface area contributed by atoms with Crippen LogP contribution in [0, 0.1) is 12.8 Å². The standard InChI is InChI=1S/C24H27FN4O4S2/c1-4-20(30)28-7-8-29(13-16(25)12-28)23(32)17-10-19(14(2)9-18(17)33-3)34-21-11-26-24(35-21)27-22(31)15-5-6-15/h4,9-11,15-16H,1,5-8,12-13H2,2-3H3,(H,26,27,31). The number of carbonyl (C=O) groups excluding carboxylic acids is 3. The molecule has 1 atom stereocenters. The molecule has 1 aliphatic heterocycles. The van der Waals surface area contributed by atoms with E-state index in [4.69, 9.17) is 4.74 Å². The van der Waals surface area contributed by atoms with Gasteiger partial charge in [0.25, 0.3) is 5.91 Å². The summed E-state index contributed by atoms with van der Waals surface area (Å²) in [5.41, 5.74) is 1.23. The van der Waals surface area contributed by atoms with Gasteiger partial charge in [-0.3, -0.25) is 14.4 Å². The van der Waals surface area contributed by atoms with Crippen molar-refractivity contribution in [2.45, 2.75) is 35.0 Å². The van der Waals surface area contributed by atoms with Crippen LogP contribution >= 0.6 is 23.1 Å². The van der Waals surface area contributed by atoms with E-state index in [0.29, 0.717) is 16.4 Å². The van der Waals surface area contributed by atoms with Gasteiger partial charge in [-0.25, -0.2) is 9.37 Å². The smallest absolute Gasteiger partial charge is 0.257 e. The topological polar surface area (TPSA) is 91.8 Å². The molecule has 1 N–H and O–H groups in total. The van der Waals surface area contributed by atoms with Crippen LogP contribution in [0.3, 0.4) is 0 Å². The predicted octanol–water partition coefficient (Wildman–Crippen LogP) is 3.77. The fourth-order valence-electron chi connectivity index (χ4n) is 3.78. The van der Waals surface area contributed by atoms with Crippen LogP contribution in [0.1, 0.15) is 28.8 Å². The monoisotopic (exact) mass is 518 g/mol. The molecule has 3 amide bonds. The normalized spacial score (nSPS) is 18.1.